The molecule has 1 aliphatic rings. The van der Waals surface area contributed by atoms with Crippen molar-refractivity contribution >= 4 is 15.8 Å². The number of hydrogen-bond donors (Lipinski definition) is 1. The second-order valence-corrected chi connectivity index (χ2v) is 8.25. The fourth-order valence-electron chi connectivity index (χ4n) is 3.60. The van der Waals surface area contributed by atoms with Crippen molar-refractivity contribution in [2.45, 2.75) is 24.2 Å². The number of nitrogens with zero attached hydrogens (tertiary/aromatic N) is 1. The van der Waals surface area contributed by atoms with Crippen LogP contribution in [0.15, 0.2) is 51.9 Å². The number of benzene rings is 2. The van der Waals surface area contributed by atoms with E-state index in [9.17, 15) is 8.42 Å². The monoisotopic (exact) mass is 400 g/mol. The summed E-state index contributed by atoms with van der Waals surface area (Å²) in [6, 6.07) is 12.7. The van der Waals surface area contributed by atoms with Gasteiger partial charge in [-0.05, 0) is 30.0 Å². The lowest BCUT2D eigenvalue weighted by molar-refractivity contribution is 0.373. The largest absolute Gasteiger partial charge is 0.495 e. The maximum atomic E-state index is 13.1. The third kappa shape index (κ3) is 2.90. The van der Waals surface area contributed by atoms with E-state index in [0.29, 0.717) is 12.2 Å². The molecule has 0 amide bonds. The summed E-state index contributed by atoms with van der Waals surface area (Å²) in [7, 11) is -1.21. The SMILES string of the molecule is COc1cccc(OC)c1S(=O)(=O)Nc1noc2c1C[C@@H](C)c1ccccc1-2. The van der Waals surface area contributed by atoms with E-state index in [4.69, 9.17) is 14.0 Å². The van der Waals surface area contributed by atoms with Gasteiger partial charge in [0.15, 0.2) is 16.5 Å². The fraction of sp³-hybridized carbons (Fsp3) is 0.250. The third-order valence-electron chi connectivity index (χ3n) is 4.92. The molecule has 0 aliphatic heterocycles. The van der Waals surface area contributed by atoms with Crippen molar-refractivity contribution in [1.82, 2.24) is 5.16 Å². The van der Waals surface area contributed by atoms with Crippen molar-refractivity contribution < 1.29 is 22.4 Å². The molecular formula is C20H20N2O5S. The second kappa shape index (κ2) is 6.87. The van der Waals surface area contributed by atoms with E-state index in [1.54, 1.807) is 18.2 Å². The lowest BCUT2D eigenvalue weighted by Crippen LogP contribution is -2.17. The molecule has 8 heteroatoms. The van der Waals surface area contributed by atoms with E-state index in [1.165, 1.54) is 14.2 Å². The molecular weight excluding hydrogens is 380 g/mol. The van der Waals surface area contributed by atoms with Crippen LogP contribution in [-0.4, -0.2) is 27.8 Å². The number of ether oxygens (including phenoxy) is 2. The van der Waals surface area contributed by atoms with Crippen LogP contribution in [0, 0.1) is 0 Å². The van der Waals surface area contributed by atoms with Gasteiger partial charge in [0.2, 0.25) is 0 Å². The zero-order valence-corrected chi connectivity index (χ0v) is 16.5. The normalized spacial score (nSPS) is 15.5. The summed E-state index contributed by atoms with van der Waals surface area (Å²) in [6.07, 6.45) is 0.622. The van der Waals surface area contributed by atoms with Gasteiger partial charge < -0.3 is 14.0 Å². The summed E-state index contributed by atoms with van der Waals surface area (Å²) in [6.45, 7) is 2.09. The molecule has 146 valence electrons. The molecule has 28 heavy (non-hydrogen) atoms. The summed E-state index contributed by atoms with van der Waals surface area (Å²) in [4.78, 5) is -0.0824. The van der Waals surface area contributed by atoms with Gasteiger partial charge in [0.05, 0.1) is 14.2 Å². The van der Waals surface area contributed by atoms with E-state index in [2.05, 4.69) is 22.9 Å². The molecule has 0 fully saturated rings. The Hall–Kier alpha value is -3.00. The molecule has 0 bridgehead atoms. The Bertz CT molecular complexity index is 1110. The lowest BCUT2D eigenvalue weighted by Gasteiger charge is -2.21. The molecule has 0 radical (unpaired) electrons. The van der Waals surface area contributed by atoms with Gasteiger partial charge in [-0.25, -0.2) is 8.42 Å². The topological polar surface area (TPSA) is 90.7 Å². The van der Waals surface area contributed by atoms with Crippen molar-refractivity contribution in [3.05, 3.63) is 53.6 Å². The third-order valence-corrected chi connectivity index (χ3v) is 6.32. The summed E-state index contributed by atoms with van der Waals surface area (Å²) in [5, 5.41) is 4.01. The molecule has 1 N–H and O–H groups in total. The highest BCUT2D eigenvalue weighted by atomic mass is 32.2. The Kier molecular flexibility index (Phi) is 4.50. The van der Waals surface area contributed by atoms with Crippen LogP contribution in [-0.2, 0) is 16.4 Å². The van der Waals surface area contributed by atoms with Crippen LogP contribution in [0.3, 0.4) is 0 Å². The van der Waals surface area contributed by atoms with Crippen LogP contribution in [0.2, 0.25) is 0 Å². The molecule has 0 unspecified atom stereocenters. The minimum absolute atomic E-state index is 0.0824. The first-order chi connectivity index (χ1) is 13.5. The fourth-order valence-corrected chi connectivity index (χ4v) is 4.95. The van der Waals surface area contributed by atoms with Crippen molar-refractivity contribution in [3.63, 3.8) is 0 Å². The molecule has 1 aromatic heterocycles. The average molecular weight is 400 g/mol. The quantitative estimate of drug-likeness (QED) is 0.700. The Morgan fingerprint density at radius 1 is 1.07 bits per heavy atom. The highest BCUT2D eigenvalue weighted by molar-refractivity contribution is 7.93. The van der Waals surface area contributed by atoms with Crippen molar-refractivity contribution in [2.24, 2.45) is 0 Å². The molecule has 1 atom stereocenters. The molecule has 7 nitrogen and oxygen atoms in total. The van der Waals surface area contributed by atoms with Crippen LogP contribution < -0.4 is 14.2 Å². The van der Waals surface area contributed by atoms with Gasteiger partial charge in [-0.15, -0.1) is 0 Å². The van der Waals surface area contributed by atoms with Gasteiger partial charge in [-0.2, -0.15) is 0 Å². The van der Waals surface area contributed by atoms with Crippen LogP contribution in [0.25, 0.3) is 11.3 Å². The molecule has 4 rings (SSSR count). The standard InChI is InChI=1S/C20H20N2O5S/c1-12-11-15-18(14-8-5-4-7-13(12)14)27-21-20(15)22-28(23,24)19-16(25-2)9-6-10-17(19)26-3/h4-10,12H,11H2,1-3H3,(H,21,22)/t12-/m1/s1. The van der Waals surface area contributed by atoms with Crippen LogP contribution >= 0.6 is 0 Å². The Morgan fingerprint density at radius 2 is 1.75 bits per heavy atom. The maximum absolute atomic E-state index is 13.1. The molecule has 2 aromatic carbocycles. The first-order valence-electron chi connectivity index (χ1n) is 8.78. The smallest absolute Gasteiger partial charge is 0.270 e. The molecule has 1 heterocycles. The molecule has 1 aliphatic carbocycles. The number of nitrogens with one attached hydrogen (secondary N) is 1. The number of anilines is 1. The Balaban J connectivity index is 1.78. The van der Waals surface area contributed by atoms with Crippen molar-refractivity contribution in [2.75, 3.05) is 18.9 Å². The first-order valence-corrected chi connectivity index (χ1v) is 10.3. The van der Waals surface area contributed by atoms with E-state index in [0.717, 1.165) is 16.7 Å². The number of fused-ring (bicyclic) bond motifs is 3. The van der Waals surface area contributed by atoms with E-state index < -0.39 is 10.0 Å². The van der Waals surface area contributed by atoms with Crippen LogP contribution in [0.1, 0.15) is 24.0 Å². The molecule has 0 spiro atoms. The van der Waals surface area contributed by atoms with Gasteiger partial charge in [0, 0.05) is 11.1 Å². The van der Waals surface area contributed by atoms with E-state index >= 15 is 0 Å². The van der Waals surface area contributed by atoms with E-state index in [-0.39, 0.29) is 28.1 Å². The zero-order valence-electron chi connectivity index (χ0n) is 15.7. The second-order valence-electron chi connectivity index (χ2n) is 6.63. The lowest BCUT2D eigenvalue weighted by atomic mass is 9.83. The van der Waals surface area contributed by atoms with Gasteiger partial charge in [-0.3, -0.25) is 4.72 Å². The first kappa shape index (κ1) is 18.4. The van der Waals surface area contributed by atoms with Crippen molar-refractivity contribution in [1.29, 1.82) is 0 Å². The molecule has 3 aromatic rings. The van der Waals surface area contributed by atoms with Gasteiger partial charge in [-0.1, -0.05) is 42.4 Å². The number of sulfonamides is 1. The molecule has 0 saturated heterocycles. The highest BCUT2D eigenvalue weighted by Gasteiger charge is 2.32. The van der Waals surface area contributed by atoms with Crippen molar-refractivity contribution in [3.8, 4) is 22.8 Å². The van der Waals surface area contributed by atoms with Crippen LogP contribution in [0.4, 0.5) is 5.82 Å². The number of rotatable bonds is 5. The maximum Gasteiger partial charge on any atom is 0.270 e. The van der Waals surface area contributed by atoms with Crippen LogP contribution in [0.5, 0.6) is 11.5 Å². The highest BCUT2D eigenvalue weighted by Crippen LogP contribution is 2.43. The number of methoxy groups -OCH3 is 2. The summed E-state index contributed by atoms with van der Waals surface area (Å²) in [5.74, 6) is 1.36. The minimum Gasteiger partial charge on any atom is -0.495 e. The zero-order chi connectivity index (χ0) is 19.9. The predicted molar refractivity (Wildman–Crippen MR) is 104 cm³/mol. The summed E-state index contributed by atoms with van der Waals surface area (Å²) in [5.41, 5.74) is 2.83. The Morgan fingerprint density at radius 3 is 2.43 bits per heavy atom. The van der Waals surface area contributed by atoms with E-state index in [1.807, 2.05) is 18.2 Å². The summed E-state index contributed by atoms with van der Waals surface area (Å²) < 4.78 is 44.8. The van der Waals surface area contributed by atoms with Gasteiger partial charge in [0.1, 0.15) is 11.5 Å². The number of aromatic nitrogens is 1. The Labute approximate surface area is 163 Å². The van der Waals surface area contributed by atoms with Gasteiger partial charge in [0.25, 0.3) is 10.0 Å². The number of hydrogen-bond acceptors (Lipinski definition) is 6. The van der Waals surface area contributed by atoms with Gasteiger partial charge >= 0.3 is 0 Å². The minimum atomic E-state index is -4.02. The molecule has 0 saturated carbocycles. The predicted octanol–water partition coefficient (Wildman–Crippen LogP) is 3.82. The summed E-state index contributed by atoms with van der Waals surface area (Å²) >= 11 is 0. The average Bonchev–Trinajstić information content (AvgIpc) is 3.09.